The number of H-pyrrole nitrogens is 1. The van der Waals surface area contributed by atoms with E-state index in [9.17, 15) is 8.42 Å². The van der Waals surface area contributed by atoms with Crippen molar-refractivity contribution in [3.8, 4) is 11.4 Å². The summed E-state index contributed by atoms with van der Waals surface area (Å²) in [5.74, 6) is 1.38. The molecule has 0 bridgehead atoms. The minimum Gasteiger partial charge on any atom is -0.0622 e. The normalized spacial score (nSPS) is 15.9. The third-order valence-corrected chi connectivity index (χ3v) is 20.9. The topological polar surface area (TPSA) is 88.2 Å². The van der Waals surface area contributed by atoms with Crippen molar-refractivity contribution in [3.63, 3.8) is 0 Å². The molecule has 0 spiro atoms. The van der Waals surface area contributed by atoms with Crippen LogP contribution in [-0.2, 0) is 35.3 Å². The van der Waals surface area contributed by atoms with E-state index < -0.39 is 30.4 Å². The van der Waals surface area contributed by atoms with Crippen molar-refractivity contribution in [1.29, 1.82) is 0 Å². The molecule has 7 aromatic carbocycles. The molecule has 7 nitrogen and oxygen atoms in total. The number of hydrogen-bond donors (Lipinski definition) is 1. The van der Waals surface area contributed by atoms with Gasteiger partial charge < -0.3 is 14.6 Å². The van der Waals surface area contributed by atoms with Crippen LogP contribution in [0.4, 0.5) is 5.82 Å². The van der Waals surface area contributed by atoms with Crippen molar-refractivity contribution in [3.05, 3.63) is 224 Å². The molecule has 0 amide bonds. The van der Waals surface area contributed by atoms with Crippen LogP contribution in [0.15, 0.2) is 219 Å². The van der Waals surface area contributed by atoms with Gasteiger partial charge in [-0.3, -0.25) is 0 Å². The Bertz CT molecular complexity index is 2910. The summed E-state index contributed by atoms with van der Waals surface area (Å²) in [7, 11) is 5.50. The molecule has 2 aliphatic carbocycles. The van der Waals surface area contributed by atoms with Gasteiger partial charge in [-0.25, -0.2) is 18.4 Å². The first-order valence-electron chi connectivity index (χ1n) is 24.1. The van der Waals surface area contributed by atoms with Gasteiger partial charge in [0.05, 0.1) is 30.2 Å². The molecule has 3 aliphatic rings. The summed E-state index contributed by atoms with van der Waals surface area (Å²) in [4.78, 5) is 15.3. The summed E-state index contributed by atoms with van der Waals surface area (Å²) < 4.78 is 31.5. The minimum absolute atomic E-state index is 0.106. The molecule has 72 heavy (non-hydrogen) atoms. The van der Waals surface area contributed by atoms with E-state index in [0.29, 0.717) is 37.6 Å². The molecule has 370 valence electrons. The van der Waals surface area contributed by atoms with Crippen LogP contribution >= 0.6 is 34.9 Å². The van der Waals surface area contributed by atoms with E-state index in [2.05, 4.69) is 199 Å². The average Bonchev–Trinajstić information content (AvgIpc) is 4.39. The number of halogens is 2. The third kappa shape index (κ3) is 12.3. The Morgan fingerprint density at radius 3 is 1.43 bits per heavy atom. The Morgan fingerprint density at radius 1 is 0.611 bits per heavy atom. The fraction of sp³-hybridized carbons (Fsp3) is 0.186. The summed E-state index contributed by atoms with van der Waals surface area (Å²) in [6.45, 7) is 4.11. The zero-order valence-electron chi connectivity index (χ0n) is 39.8. The SMILES string of the molecule is C[C@@H]1COCCN1c1cc(C2(S(=O)(=O)C3CC3)CC2)nc(-c2cccc3[nH]ccc23)n1.[Cl][Pd][Cl].c1ccc(P(c2ccccc2)c2ccccc2)cc1.c1ccc(P(c2ccccc2)c2ccccc2)cc1. The van der Waals surface area contributed by atoms with E-state index >= 15 is 0 Å². The number of benzene rings is 7. The Hall–Kier alpha value is -5.03. The second-order valence-electron chi connectivity index (χ2n) is 17.8. The zero-order valence-corrected chi connectivity index (χ0v) is 45.5. The summed E-state index contributed by atoms with van der Waals surface area (Å²) in [6.07, 6.45) is 4.75. The van der Waals surface area contributed by atoms with E-state index in [0.717, 1.165) is 41.7 Å². The molecule has 3 fully saturated rings. The molecule has 1 atom stereocenters. The summed E-state index contributed by atoms with van der Waals surface area (Å²) >= 11 is -0.106. The number of aromatic nitrogens is 3. The van der Waals surface area contributed by atoms with Gasteiger partial charge in [0.15, 0.2) is 15.7 Å². The van der Waals surface area contributed by atoms with E-state index in [1.165, 1.54) is 31.8 Å². The summed E-state index contributed by atoms with van der Waals surface area (Å²) in [6, 6.07) is 74.8. The molecule has 2 saturated carbocycles. The fourth-order valence-electron chi connectivity index (χ4n) is 9.14. The zero-order chi connectivity index (χ0) is 49.8. The molecule has 2 aromatic heterocycles. The van der Waals surface area contributed by atoms with Gasteiger partial charge in [-0.15, -0.1) is 0 Å². The van der Waals surface area contributed by atoms with Crippen molar-refractivity contribution in [2.45, 2.75) is 48.6 Å². The molecule has 1 saturated heterocycles. The van der Waals surface area contributed by atoms with Gasteiger partial charge >= 0.3 is 35.0 Å². The van der Waals surface area contributed by atoms with Crippen molar-refractivity contribution >= 4 is 93.3 Å². The first-order chi connectivity index (χ1) is 35.3. The molecule has 12 rings (SSSR count). The van der Waals surface area contributed by atoms with Crippen LogP contribution in [0.1, 0.15) is 38.3 Å². The van der Waals surface area contributed by atoms with Crippen molar-refractivity contribution in [2.24, 2.45) is 0 Å². The smallest absolute Gasteiger partial charge is 0.0134 e. The Balaban J connectivity index is 0.000000136. The van der Waals surface area contributed by atoms with Crippen LogP contribution in [0.5, 0.6) is 0 Å². The van der Waals surface area contributed by atoms with Gasteiger partial charge in [0.25, 0.3) is 0 Å². The van der Waals surface area contributed by atoms with Gasteiger partial charge in [0.1, 0.15) is 10.6 Å². The quantitative estimate of drug-likeness (QED) is 0.103. The van der Waals surface area contributed by atoms with Gasteiger partial charge in [0.2, 0.25) is 0 Å². The number of hydrogen-bond acceptors (Lipinski definition) is 6. The molecule has 0 unspecified atom stereocenters. The second kappa shape index (κ2) is 24.8. The number of anilines is 1. The molecule has 9 aromatic rings. The van der Waals surface area contributed by atoms with Crippen LogP contribution in [0.2, 0.25) is 0 Å². The largest absolute Gasteiger partial charge is 0.0622 e. The molecule has 0 radical (unpaired) electrons. The molecular weight excluding hydrogens is 1080 g/mol. The average molecular weight is 1140 g/mol. The Kier molecular flexibility index (Phi) is 17.9. The fourth-order valence-corrected chi connectivity index (χ4v) is 16.2. The van der Waals surface area contributed by atoms with Crippen molar-refractivity contribution in [1.82, 2.24) is 15.0 Å². The number of sulfone groups is 1. The monoisotopic (exact) mass is 1140 g/mol. The van der Waals surface area contributed by atoms with Crippen LogP contribution in [0.25, 0.3) is 22.3 Å². The molecular formula is C59H56Cl2N4O3P2PdS. The maximum absolute atomic E-state index is 13.3. The number of morpholine rings is 1. The van der Waals surface area contributed by atoms with Gasteiger partial charge in [0, 0.05) is 35.3 Å². The van der Waals surface area contributed by atoms with Crippen molar-refractivity contribution in [2.75, 3.05) is 24.7 Å². The molecule has 1 aliphatic heterocycles. The van der Waals surface area contributed by atoms with Crippen LogP contribution in [0, 0.1) is 0 Å². The number of fused-ring (bicyclic) bond motifs is 1. The number of nitrogens with one attached hydrogen (secondary N) is 1. The van der Waals surface area contributed by atoms with Gasteiger partial charge in [-0.05, 0) is 92.4 Å². The standard InChI is InChI=1S/C23H26N4O3S.2C18H15P.2ClH.Pd/c1-15-14-30-12-11-27(15)21-13-20(23(8-9-23)31(28,29)16-5-6-16)25-22(26-21)18-3-2-4-19-17(18)7-10-24-19;2*1-4-10-16(11-5-1)19(17-12-6-2-7-13-17)18-14-8-3-9-15-18;;;/h2-4,7,10,13,15-16,24H,5-6,8-9,11-12,14H2,1H3;2*1-15H;2*1H;/q;;;;;+2/p-2/t15-;;;;;/m1...../s1. The predicted octanol–water partition coefficient (Wildman–Crippen LogP) is 11.7. The number of rotatable bonds is 11. The van der Waals surface area contributed by atoms with Crippen LogP contribution in [-0.4, -0.2) is 54.4 Å². The summed E-state index contributed by atoms with van der Waals surface area (Å²) in [5, 5.41) is 9.22. The Labute approximate surface area is 443 Å². The molecule has 1 N–H and O–H groups in total. The van der Waals surface area contributed by atoms with E-state index in [-0.39, 0.29) is 27.2 Å². The van der Waals surface area contributed by atoms with Crippen LogP contribution < -0.4 is 36.7 Å². The van der Waals surface area contributed by atoms with E-state index in [4.69, 9.17) is 33.8 Å². The minimum atomic E-state index is -3.24. The first kappa shape index (κ1) is 51.9. The van der Waals surface area contributed by atoms with Gasteiger partial charge in [-0.1, -0.05) is 194 Å². The molecule has 3 heterocycles. The third-order valence-electron chi connectivity index (χ3n) is 13.0. The number of aromatic amines is 1. The maximum atomic E-state index is 13.3. The number of ether oxygens (including phenoxy) is 1. The van der Waals surface area contributed by atoms with Crippen LogP contribution in [0.3, 0.4) is 0 Å². The van der Waals surface area contributed by atoms with E-state index in [1.807, 2.05) is 36.5 Å². The second-order valence-corrected chi connectivity index (χ2v) is 27.1. The first-order valence-corrected chi connectivity index (χ1v) is 32.3. The maximum Gasteiger partial charge on any atom is -0.0134 e. The molecule has 13 heteroatoms. The summed E-state index contributed by atoms with van der Waals surface area (Å²) in [5.41, 5.74) is 2.59. The van der Waals surface area contributed by atoms with E-state index in [1.54, 1.807) is 0 Å². The predicted molar refractivity (Wildman–Crippen MR) is 302 cm³/mol. The van der Waals surface area contributed by atoms with Gasteiger partial charge in [-0.2, -0.15) is 0 Å². The Morgan fingerprint density at radius 2 is 1.04 bits per heavy atom. The number of nitrogens with zero attached hydrogens (tertiary/aromatic N) is 3. The van der Waals surface area contributed by atoms with Crippen molar-refractivity contribution < 1.29 is 29.1 Å².